The summed E-state index contributed by atoms with van der Waals surface area (Å²) >= 11 is 3.32. The van der Waals surface area contributed by atoms with E-state index in [1.54, 1.807) is 21.9 Å². The third kappa shape index (κ3) is 9.17. The van der Waals surface area contributed by atoms with Crippen molar-refractivity contribution in [1.29, 1.82) is 0 Å². The lowest BCUT2D eigenvalue weighted by molar-refractivity contribution is -0.143. The van der Waals surface area contributed by atoms with E-state index in [-0.39, 0.29) is 42.0 Å². The summed E-state index contributed by atoms with van der Waals surface area (Å²) in [5.74, 6) is -1.14. The minimum atomic E-state index is -1.09. The quantitative estimate of drug-likeness (QED) is 0.328. The molecule has 2 radical (unpaired) electrons. The van der Waals surface area contributed by atoms with Gasteiger partial charge in [-0.15, -0.1) is 0 Å². The number of benzene rings is 2. The average molecular weight is 766 g/mol. The maximum Gasteiger partial charge on any atom is 0.410 e. The van der Waals surface area contributed by atoms with E-state index in [4.69, 9.17) is 17.7 Å². The fourth-order valence-electron chi connectivity index (χ4n) is 7.76. The summed E-state index contributed by atoms with van der Waals surface area (Å²) in [5.41, 5.74) is 2.73. The molecular formula is C36H46BBrN6O7. The van der Waals surface area contributed by atoms with Crippen LogP contribution in [0.3, 0.4) is 0 Å². The number of hydrogen-bond acceptors (Lipinski definition) is 8. The van der Waals surface area contributed by atoms with E-state index in [0.717, 1.165) is 43.6 Å². The van der Waals surface area contributed by atoms with Crippen molar-refractivity contribution in [2.75, 3.05) is 70.8 Å². The number of ether oxygens (including phenoxy) is 1. The highest BCUT2D eigenvalue weighted by Gasteiger charge is 2.36. The van der Waals surface area contributed by atoms with Crippen molar-refractivity contribution in [3.63, 3.8) is 0 Å². The topological polar surface area (TPSA) is 146 Å². The largest absolute Gasteiger partial charge is 0.507 e. The van der Waals surface area contributed by atoms with E-state index in [0.29, 0.717) is 81.3 Å². The SMILES string of the molecule is [B]c1cc(C[C@@H](OC(=O)N2CCC(N3CCc4ccccc4NC3=O)CC2)C(=O)N2CCN(C3CCN(CCC(=O)O)CC3)CC2)cc(Br)c1O. The normalized spacial score (nSPS) is 20.3. The fourth-order valence-corrected chi connectivity index (χ4v) is 8.28. The molecule has 1 atom stereocenters. The number of rotatable bonds is 9. The molecule has 15 heteroatoms. The molecule has 0 bridgehead atoms. The molecule has 0 unspecified atom stereocenters. The van der Waals surface area contributed by atoms with Crippen molar-refractivity contribution in [1.82, 2.24) is 24.5 Å². The van der Waals surface area contributed by atoms with Crippen molar-refractivity contribution in [2.45, 2.75) is 63.1 Å². The minimum Gasteiger partial charge on any atom is -0.507 e. The highest BCUT2D eigenvalue weighted by Crippen LogP contribution is 2.27. The molecule has 6 rings (SSSR count). The zero-order valence-electron chi connectivity index (χ0n) is 28.8. The number of amides is 4. The number of carboxylic acid groups (broad SMARTS) is 1. The number of likely N-dealkylation sites (tertiary alicyclic amines) is 2. The van der Waals surface area contributed by atoms with Crippen molar-refractivity contribution in [2.24, 2.45) is 0 Å². The summed E-state index contributed by atoms with van der Waals surface area (Å²) in [6.07, 6.45) is 2.43. The second-order valence-electron chi connectivity index (χ2n) is 13.9. The summed E-state index contributed by atoms with van der Waals surface area (Å²) in [4.78, 5) is 61.6. The highest BCUT2D eigenvalue weighted by molar-refractivity contribution is 9.10. The molecule has 3 saturated heterocycles. The third-order valence-corrected chi connectivity index (χ3v) is 11.3. The Hall–Kier alpha value is -3.82. The van der Waals surface area contributed by atoms with Gasteiger partial charge in [0.2, 0.25) is 0 Å². The van der Waals surface area contributed by atoms with Gasteiger partial charge in [-0.3, -0.25) is 14.5 Å². The number of carboxylic acids is 1. The van der Waals surface area contributed by atoms with Crippen molar-refractivity contribution >= 4 is 58.9 Å². The Morgan fingerprint density at radius 2 is 1.61 bits per heavy atom. The Bertz CT molecular complexity index is 1570. The molecular weight excluding hydrogens is 719 g/mol. The zero-order chi connectivity index (χ0) is 36.1. The van der Waals surface area contributed by atoms with Crippen LogP contribution in [-0.4, -0.2) is 150 Å². The molecule has 3 fully saturated rings. The minimum absolute atomic E-state index is 0.0219. The van der Waals surface area contributed by atoms with E-state index in [9.17, 15) is 24.3 Å². The van der Waals surface area contributed by atoms with Crippen molar-refractivity contribution in [3.8, 4) is 5.75 Å². The van der Waals surface area contributed by atoms with E-state index in [1.165, 1.54) is 0 Å². The number of anilines is 1. The lowest BCUT2D eigenvalue weighted by atomic mass is 9.91. The molecule has 3 N–H and O–H groups in total. The number of aromatic hydroxyl groups is 1. The van der Waals surface area contributed by atoms with Crippen molar-refractivity contribution < 1.29 is 34.1 Å². The van der Waals surface area contributed by atoms with Crippen LogP contribution in [-0.2, 0) is 27.2 Å². The van der Waals surface area contributed by atoms with Crippen LogP contribution in [0.2, 0.25) is 0 Å². The predicted octanol–water partition coefficient (Wildman–Crippen LogP) is 2.63. The lowest BCUT2D eigenvalue weighted by Gasteiger charge is -2.43. The summed E-state index contributed by atoms with van der Waals surface area (Å²) in [6, 6.07) is 11.3. The molecule has 2 aromatic carbocycles. The Balaban J connectivity index is 1.05. The smallest absolute Gasteiger partial charge is 0.410 e. The van der Waals surface area contributed by atoms with Gasteiger partial charge >= 0.3 is 18.1 Å². The molecule has 4 aliphatic heterocycles. The number of piperazine rings is 1. The molecule has 4 heterocycles. The number of halogens is 1. The van der Waals surface area contributed by atoms with Gasteiger partial charge < -0.3 is 39.9 Å². The van der Waals surface area contributed by atoms with Gasteiger partial charge in [0.25, 0.3) is 5.91 Å². The molecule has 0 aromatic heterocycles. The number of hydrogen-bond donors (Lipinski definition) is 3. The van der Waals surface area contributed by atoms with Gasteiger partial charge in [-0.1, -0.05) is 29.7 Å². The van der Waals surface area contributed by atoms with Crippen LogP contribution in [0.4, 0.5) is 15.3 Å². The van der Waals surface area contributed by atoms with E-state index in [1.807, 2.05) is 29.2 Å². The van der Waals surface area contributed by atoms with Crippen LogP contribution in [0.5, 0.6) is 5.75 Å². The van der Waals surface area contributed by atoms with Crippen molar-refractivity contribution in [3.05, 3.63) is 52.0 Å². The molecule has 0 saturated carbocycles. The molecule has 2 aromatic rings. The first-order chi connectivity index (χ1) is 24.5. The fraction of sp³-hybridized carbons (Fsp3) is 0.556. The van der Waals surface area contributed by atoms with E-state index in [2.05, 4.69) is 31.0 Å². The number of nitrogens with zero attached hydrogens (tertiary/aromatic N) is 5. The van der Waals surface area contributed by atoms with Gasteiger partial charge in [0.15, 0.2) is 6.10 Å². The van der Waals surface area contributed by atoms with Gasteiger partial charge in [-0.05, 0) is 84.4 Å². The zero-order valence-corrected chi connectivity index (χ0v) is 30.4. The predicted molar refractivity (Wildman–Crippen MR) is 196 cm³/mol. The van der Waals surface area contributed by atoms with Gasteiger partial charge in [0.05, 0.1) is 10.9 Å². The van der Waals surface area contributed by atoms with Crippen LogP contribution in [0, 0.1) is 0 Å². The molecule has 272 valence electrons. The molecule has 4 aliphatic rings. The summed E-state index contributed by atoms with van der Waals surface area (Å²) < 4.78 is 6.39. The standard InChI is InChI=1S/C36H46BBrN6O7/c37-28-21-24(22-29(38)33(28)47)23-31(34(48)42-19-17-41(18-20-42)26-6-11-40(12-7-26)13-10-32(45)46)51-36(50)43-14-8-27(9-15-43)44-16-5-25-3-1-2-4-30(25)39-35(44)49/h1-4,21-22,26-27,31,47H,5-20,23H2,(H,39,49)(H,45,46)/t31-/m1/s1. The average Bonchev–Trinajstić information content (AvgIpc) is 3.30. The molecule has 0 aliphatic carbocycles. The Morgan fingerprint density at radius 3 is 2.29 bits per heavy atom. The maximum absolute atomic E-state index is 14.0. The number of carbonyl (C=O) groups is 4. The third-order valence-electron chi connectivity index (χ3n) is 10.7. The number of aliphatic carboxylic acids is 1. The molecule has 51 heavy (non-hydrogen) atoms. The number of nitrogens with one attached hydrogen (secondary N) is 1. The van der Waals surface area contributed by atoms with Gasteiger partial charge in [0, 0.05) is 76.5 Å². The summed E-state index contributed by atoms with van der Waals surface area (Å²) in [5, 5.41) is 22.2. The Labute approximate surface area is 308 Å². The summed E-state index contributed by atoms with van der Waals surface area (Å²) in [6.45, 7) is 6.07. The second kappa shape index (κ2) is 16.7. The highest BCUT2D eigenvalue weighted by atomic mass is 79.9. The lowest BCUT2D eigenvalue weighted by Crippen LogP contribution is -2.56. The first-order valence-corrected chi connectivity index (χ1v) is 18.7. The Kier molecular flexibility index (Phi) is 12.1. The number of urea groups is 1. The second-order valence-corrected chi connectivity index (χ2v) is 14.8. The number of carbonyl (C=O) groups excluding carboxylic acids is 3. The van der Waals surface area contributed by atoms with Crippen LogP contribution in [0.25, 0.3) is 0 Å². The first kappa shape index (κ1) is 37.0. The number of phenols is 1. The number of piperidine rings is 2. The van der Waals surface area contributed by atoms with Crippen LogP contribution in [0.15, 0.2) is 40.9 Å². The van der Waals surface area contributed by atoms with E-state index >= 15 is 0 Å². The Morgan fingerprint density at radius 1 is 0.922 bits per heavy atom. The number of para-hydroxylation sites is 1. The molecule has 4 amide bonds. The first-order valence-electron chi connectivity index (χ1n) is 17.9. The van der Waals surface area contributed by atoms with E-state index < -0.39 is 18.2 Å². The number of phenolic OH excluding ortho intramolecular Hbond substituents is 1. The summed E-state index contributed by atoms with van der Waals surface area (Å²) in [7, 11) is 6.02. The van der Waals surface area contributed by atoms with Gasteiger partial charge in [-0.25, -0.2) is 9.59 Å². The maximum atomic E-state index is 14.0. The van der Waals surface area contributed by atoms with Crippen LogP contribution in [0.1, 0.15) is 43.2 Å². The number of fused-ring (bicyclic) bond motifs is 1. The van der Waals surface area contributed by atoms with Crippen LogP contribution < -0.4 is 10.8 Å². The monoisotopic (exact) mass is 764 g/mol. The van der Waals surface area contributed by atoms with Crippen LogP contribution >= 0.6 is 15.9 Å². The van der Waals surface area contributed by atoms with Gasteiger partial charge in [-0.2, -0.15) is 0 Å². The molecule has 13 nitrogen and oxygen atoms in total. The van der Waals surface area contributed by atoms with Gasteiger partial charge in [0.1, 0.15) is 13.6 Å². The molecule has 0 spiro atoms.